The molecule has 1 aliphatic rings. The first-order valence-corrected chi connectivity index (χ1v) is 8.93. The van der Waals surface area contributed by atoms with Gasteiger partial charge in [0.1, 0.15) is 11.3 Å². The number of hydroxylamine groups is 2. The Morgan fingerprint density at radius 1 is 1.07 bits per heavy atom. The molecular formula is C22H23N3O2. The summed E-state index contributed by atoms with van der Waals surface area (Å²) in [4.78, 5) is 10.4. The van der Waals surface area contributed by atoms with Gasteiger partial charge < -0.3 is 14.1 Å². The second-order valence-corrected chi connectivity index (χ2v) is 6.85. The first-order chi connectivity index (χ1) is 13.1. The van der Waals surface area contributed by atoms with E-state index < -0.39 is 5.54 Å². The molecule has 2 aromatic carbocycles. The number of imidazole rings is 1. The highest BCUT2D eigenvalue weighted by Gasteiger charge is 2.42. The van der Waals surface area contributed by atoms with Gasteiger partial charge in [0.25, 0.3) is 0 Å². The lowest BCUT2D eigenvalue weighted by atomic mass is 9.88. The summed E-state index contributed by atoms with van der Waals surface area (Å²) in [6, 6.07) is 16.5. The van der Waals surface area contributed by atoms with Crippen molar-refractivity contribution in [2.24, 2.45) is 0 Å². The second-order valence-electron chi connectivity index (χ2n) is 6.85. The lowest BCUT2D eigenvalue weighted by Gasteiger charge is -2.33. The van der Waals surface area contributed by atoms with Gasteiger partial charge >= 0.3 is 0 Å². The van der Waals surface area contributed by atoms with Crippen LogP contribution in [0.5, 0.6) is 5.75 Å². The number of methoxy groups -OCH3 is 1. The van der Waals surface area contributed by atoms with Crippen LogP contribution < -0.4 is 4.74 Å². The van der Waals surface area contributed by atoms with Gasteiger partial charge in [-0.1, -0.05) is 29.8 Å². The second kappa shape index (κ2) is 6.93. The molecule has 0 saturated carbocycles. The molecule has 3 aromatic rings. The number of ether oxygens (including phenoxy) is 1. The third kappa shape index (κ3) is 3.22. The summed E-state index contributed by atoms with van der Waals surface area (Å²) < 4.78 is 7.34. The molecule has 0 aliphatic carbocycles. The van der Waals surface area contributed by atoms with Crippen molar-refractivity contribution in [2.75, 3.05) is 14.2 Å². The quantitative estimate of drug-likeness (QED) is 0.688. The summed E-state index contributed by atoms with van der Waals surface area (Å²) in [5.74, 6) is 1.66. The Bertz CT molecular complexity index is 931. The first kappa shape index (κ1) is 17.4. The highest BCUT2D eigenvalue weighted by atomic mass is 16.7. The van der Waals surface area contributed by atoms with E-state index in [1.54, 1.807) is 13.3 Å². The molecule has 138 valence electrons. The van der Waals surface area contributed by atoms with E-state index >= 15 is 0 Å². The number of hydrogen-bond acceptors (Lipinski definition) is 4. The number of aryl methyl sites for hydroxylation is 1. The normalized spacial score (nSPS) is 19.6. The van der Waals surface area contributed by atoms with Crippen LogP contribution in [0.4, 0.5) is 0 Å². The van der Waals surface area contributed by atoms with Gasteiger partial charge in [-0.15, -0.1) is 5.06 Å². The molecule has 4 rings (SSSR count). The van der Waals surface area contributed by atoms with Gasteiger partial charge in [0.15, 0.2) is 5.76 Å². The minimum Gasteiger partial charge on any atom is -0.497 e. The van der Waals surface area contributed by atoms with Crippen LogP contribution in [-0.4, -0.2) is 28.8 Å². The van der Waals surface area contributed by atoms with Gasteiger partial charge in [-0.25, -0.2) is 4.98 Å². The first-order valence-electron chi connectivity index (χ1n) is 8.93. The predicted octanol–water partition coefficient (Wildman–Crippen LogP) is 4.01. The molecule has 2 heterocycles. The number of nitrogens with zero attached hydrogens (tertiary/aromatic N) is 3. The van der Waals surface area contributed by atoms with Crippen molar-refractivity contribution in [2.45, 2.75) is 19.0 Å². The highest BCUT2D eigenvalue weighted by Crippen LogP contribution is 2.41. The van der Waals surface area contributed by atoms with Gasteiger partial charge in [-0.3, -0.25) is 0 Å². The molecule has 5 heteroatoms. The largest absolute Gasteiger partial charge is 0.497 e. The van der Waals surface area contributed by atoms with E-state index in [-0.39, 0.29) is 0 Å². The van der Waals surface area contributed by atoms with E-state index in [0.717, 1.165) is 17.1 Å². The maximum atomic E-state index is 6.19. The molecule has 1 unspecified atom stereocenters. The fourth-order valence-corrected chi connectivity index (χ4v) is 3.46. The Kier molecular flexibility index (Phi) is 4.46. The molecule has 1 atom stereocenters. The SMILES string of the molecule is COc1ccc(C2=CC(Cn3ccnc3)(c3ccc(C)cc3)N(C)O2)cc1. The Morgan fingerprint density at radius 3 is 2.44 bits per heavy atom. The third-order valence-electron chi connectivity index (χ3n) is 5.08. The summed E-state index contributed by atoms with van der Waals surface area (Å²) in [6.45, 7) is 2.80. The van der Waals surface area contributed by atoms with Gasteiger partial charge in [0, 0.05) is 25.0 Å². The minimum atomic E-state index is -0.427. The summed E-state index contributed by atoms with van der Waals surface area (Å²) >= 11 is 0. The summed E-state index contributed by atoms with van der Waals surface area (Å²) in [7, 11) is 3.64. The Labute approximate surface area is 159 Å². The van der Waals surface area contributed by atoms with Crippen molar-refractivity contribution >= 4 is 5.76 Å². The Hall–Kier alpha value is -3.05. The van der Waals surface area contributed by atoms with E-state index in [1.165, 1.54) is 11.1 Å². The zero-order valence-corrected chi connectivity index (χ0v) is 15.8. The van der Waals surface area contributed by atoms with Crippen LogP contribution in [-0.2, 0) is 16.9 Å². The molecule has 0 radical (unpaired) electrons. The summed E-state index contributed by atoms with van der Waals surface area (Å²) in [5, 5.41) is 1.93. The van der Waals surface area contributed by atoms with Crippen molar-refractivity contribution in [1.29, 1.82) is 0 Å². The third-order valence-corrected chi connectivity index (χ3v) is 5.08. The lowest BCUT2D eigenvalue weighted by Crippen LogP contribution is -2.41. The smallest absolute Gasteiger partial charge is 0.153 e. The van der Waals surface area contributed by atoms with Crippen molar-refractivity contribution in [3.8, 4) is 5.75 Å². The molecule has 0 bridgehead atoms. The van der Waals surface area contributed by atoms with Crippen LogP contribution in [0.3, 0.4) is 0 Å². The fourth-order valence-electron chi connectivity index (χ4n) is 3.46. The molecule has 0 fully saturated rings. The molecule has 1 aliphatic heterocycles. The van der Waals surface area contributed by atoms with Crippen molar-refractivity contribution in [3.63, 3.8) is 0 Å². The fraction of sp³-hybridized carbons (Fsp3) is 0.227. The molecule has 0 N–H and O–H groups in total. The van der Waals surface area contributed by atoms with Crippen molar-refractivity contribution in [1.82, 2.24) is 14.6 Å². The lowest BCUT2D eigenvalue weighted by molar-refractivity contribution is -0.117. The van der Waals surface area contributed by atoms with Crippen LogP contribution in [0.15, 0.2) is 73.3 Å². The number of likely N-dealkylation sites (N-methyl/N-ethyl adjacent to an activating group) is 1. The topological polar surface area (TPSA) is 39.5 Å². The zero-order valence-electron chi connectivity index (χ0n) is 15.8. The van der Waals surface area contributed by atoms with Crippen molar-refractivity contribution < 1.29 is 9.57 Å². The Morgan fingerprint density at radius 2 is 1.81 bits per heavy atom. The van der Waals surface area contributed by atoms with Gasteiger partial charge in [-0.05, 0) is 42.8 Å². The molecule has 27 heavy (non-hydrogen) atoms. The van der Waals surface area contributed by atoms with Crippen molar-refractivity contribution in [3.05, 3.63) is 90.0 Å². The molecule has 5 nitrogen and oxygen atoms in total. The number of benzene rings is 2. The van der Waals surface area contributed by atoms with Crippen LogP contribution in [0.25, 0.3) is 5.76 Å². The van der Waals surface area contributed by atoms with Crippen LogP contribution in [0, 0.1) is 6.92 Å². The van der Waals surface area contributed by atoms with Crippen LogP contribution >= 0.6 is 0 Å². The summed E-state index contributed by atoms with van der Waals surface area (Å²) in [6.07, 6.45) is 7.80. The molecule has 0 saturated heterocycles. The molecule has 0 amide bonds. The van der Waals surface area contributed by atoms with Crippen LogP contribution in [0.2, 0.25) is 0 Å². The predicted molar refractivity (Wildman–Crippen MR) is 105 cm³/mol. The summed E-state index contributed by atoms with van der Waals surface area (Å²) in [5.41, 5.74) is 3.00. The van der Waals surface area contributed by atoms with E-state index in [4.69, 9.17) is 9.57 Å². The van der Waals surface area contributed by atoms with E-state index in [1.807, 2.05) is 48.9 Å². The van der Waals surface area contributed by atoms with Crippen LogP contribution in [0.1, 0.15) is 16.7 Å². The number of aromatic nitrogens is 2. The minimum absolute atomic E-state index is 0.427. The monoisotopic (exact) mass is 361 g/mol. The highest BCUT2D eigenvalue weighted by molar-refractivity contribution is 5.64. The maximum Gasteiger partial charge on any atom is 0.153 e. The number of rotatable bonds is 5. The van der Waals surface area contributed by atoms with E-state index in [0.29, 0.717) is 6.54 Å². The maximum absolute atomic E-state index is 6.19. The Balaban J connectivity index is 1.78. The average Bonchev–Trinajstić information content (AvgIpc) is 3.31. The van der Waals surface area contributed by atoms with Gasteiger partial charge in [0.05, 0.1) is 20.0 Å². The molecular weight excluding hydrogens is 338 g/mol. The van der Waals surface area contributed by atoms with Gasteiger partial charge in [-0.2, -0.15) is 0 Å². The number of hydrogen-bond donors (Lipinski definition) is 0. The standard InChI is InChI=1S/C22H23N3O2/c1-17-4-8-19(9-5-17)22(15-25-13-12-23-16-25)14-21(27-24(22)2)18-6-10-20(26-3)11-7-18/h4-14,16H,15H2,1-3H3. The van der Waals surface area contributed by atoms with E-state index in [2.05, 4.69) is 46.8 Å². The van der Waals surface area contributed by atoms with E-state index in [9.17, 15) is 0 Å². The molecule has 1 aromatic heterocycles. The average molecular weight is 361 g/mol. The molecule has 0 spiro atoms. The van der Waals surface area contributed by atoms with Gasteiger partial charge in [0.2, 0.25) is 0 Å². The zero-order chi connectivity index (χ0) is 18.9.